The van der Waals surface area contributed by atoms with Crippen molar-refractivity contribution < 1.29 is 9.53 Å². The Morgan fingerprint density at radius 1 is 1.26 bits per heavy atom. The summed E-state index contributed by atoms with van der Waals surface area (Å²) in [5, 5.41) is 3.66. The van der Waals surface area contributed by atoms with E-state index in [1.165, 1.54) is 40.7 Å². The van der Waals surface area contributed by atoms with E-state index in [1.54, 1.807) is 4.90 Å². The lowest BCUT2D eigenvalue weighted by molar-refractivity contribution is 0.142. The summed E-state index contributed by atoms with van der Waals surface area (Å²) in [5.74, 6) is 0.343. The molecule has 4 heteroatoms. The number of hydrogen-bond donors (Lipinski definition) is 1. The fraction of sp³-hybridized carbons (Fsp3) is 0.316. The lowest BCUT2D eigenvalue weighted by Crippen LogP contribution is -2.35. The van der Waals surface area contributed by atoms with Gasteiger partial charge in [-0.1, -0.05) is 23.8 Å². The standard InChI is InChI=1S/C19H20N2O2/c1-11-15-10-21(19(22)23-3)9-8-13(15)12(2)18-17(11)14-6-4-5-7-16(14)20-18/h4-9,17-18,20H,10H2,1-3H3. The normalized spacial score (nSPS) is 24.9. The molecule has 3 aliphatic rings. The van der Waals surface area contributed by atoms with Crippen molar-refractivity contribution in [2.24, 2.45) is 0 Å². The van der Waals surface area contributed by atoms with Crippen LogP contribution in [0.2, 0.25) is 0 Å². The number of rotatable bonds is 0. The lowest BCUT2D eigenvalue weighted by atomic mass is 9.74. The minimum atomic E-state index is -0.315. The van der Waals surface area contributed by atoms with Gasteiger partial charge >= 0.3 is 6.09 Å². The van der Waals surface area contributed by atoms with E-state index in [4.69, 9.17) is 4.74 Å². The number of nitrogens with one attached hydrogen (secondary N) is 1. The second-order valence-corrected chi connectivity index (χ2v) is 6.36. The monoisotopic (exact) mass is 308 g/mol. The van der Waals surface area contributed by atoms with Crippen LogP contribution >= 0.6 is 0 Å². The smallest absolute Gasteiger partial charge is 0.413 e. The molecule has 0 spiro atoms. The van der Waals surface area contributed by atoms with Crippen molar-refractivity contribution in [1.29, 1.82) is 0 Å². The first-order valence-electron chi connectivity index (χ1n) is 7.91. The maximum Gasteiger partial charge on any atom is 0.413 e. The Morgan fingerprint density at radius 2 is 2.04 bits per heavy atom. The third-order valence-electron chi connectivity index (χ3n) is 5.26. The number of nitrogens with zero attached hydrogens (tertiary/aromatic N) is 1. The quantitative estimate of drug-likeness (QED) is 0.792. The fourth-order valence-electron chi connectivity index (χ4n) is 4.05. The Kier molecular flexibility index (Phi) is 3.08. The Labute approximate surface area is 136 Å². The van der Waals surface area contributed by atoms with Gasteiger partial charge in [-0.2, -0.15) is 0 Å². The third-order valence-corrected chi connectivity index (χ3v) is 5.26. The maximum absolute atomic E-state index is 11.9. The molecule has 1 N–H and O–H groups in total. The van der Waals surface area contributed by atoms with Gasteiger partial charge in [-0.15, -0.1) is 0 Å². The predicted octanol–water partition coefficient (Wildman–Crippen LogP) is 3.81. The zero-order chi connectivity index (χ0) is 16.1. The highest BCUT2D eigenvalue weighted by Gasteiger charge is 2.40. The molecule has 0 saturated heterocycles. The van der Waals surface area contributed by atoms with Crippen molar-refractivity contribution in [1.82, 2.24) is 4.90 Å². The van der Waals surface area contributed by atoms with Gasteiger partial charge in [0.2, 0.25) is 0 Å². The lowest BCUT2D eigenvalue weighted by Gasteiger charge is -2.36. The van der Waals surface area contributed by atoms with Crippen LogP contribution in [0.15, 0.2) is 58.8 Å². The summed E-state index contributed by atoms with van der Waals surface area (Å²) in [4.78, 5) is 13.5. The molecule has 4 rings (SSSR count). The Bertz CT molecular complexity index is 788. The number of amides is 1. The van der Waals surface area contributed by atoms with Gasteiger partial charge in [0.15, 0.2) is 0 Å². The first-order chi connectivity index (χ1) is 11.1. The highest BCUT2D eigenvalue weighted by molar-refractivity contribution is 5.73. The molecule has 118 valence electrons. The van der Waals surface area contributed by atoms with Crippen molar-refractivity contribution in [3.8, 4) is 0 Å². The molecule has 1 amide bonds. The van der Waals surface area contributed by atoms with Crippen LogP contribution in [0.1, 0.15) is 25.3 Å². The van der Waals surface area contributed by atoms with Crippen molar-refractivity contribution in [3.63, 3.8) is 0 Å². The number of anilines is 1. The van der Waals surface area contributed by atoms with E-state index >= 15 is 0 Å². The Morgan fingerprint density at radius 3 is 2.83 bits per heavy atom. The van der Waals surface area contributed by atoms with Gasteiger partial charge in [0.25, 0.3) is 0 Å². The molecule has 2 heterocycles. The van der Waals surface area contributed by atoms with Crippen LogP contribution in [-0.2, 0) is 4.74 Å². The summed E-state index contributed by atoms with van der Waals surface area (Å²) in [5.41, 5.74) is 7.74. The average molecular weight is 308 g/mol. The molecule has 0 aromatic heterocycles. The van der Waals surface area contributed by atoms with Crippen LogP contribution in [0, 0.1) is 0 Å². The van der Waals surface area contributed by atoms with Crippen LogP contribution in [-0.4, -0.2) is 30.7 Å². The van der Waals surface area contributed by atoms with Gasteiger partial charge in [0.05, 0.1) is 19.7 Å². The molecule has 2 unspecified atom stereocenters. The van der Waals surface area contributed by atoms with Crippen LogP contribution in [0.5, 0.6) is 0 Å². The maximum atomic E-state index is 11.9. The zero-order valence-corrected chi connectivity index (χ0v) is 13.6. The van der Waals surface area contributed by atoms with Crippen LogP contribution < -0.4 is 5.32 Å². The Hall–Kier alpha value is -2.49. The summed E-state index contributed by atoms with van der Waals surface area (Å²) in [6.45, 7) is 4.96. The van der Waals surface area contributed by atoms with Crippen molar-refractivity contribution in [2.75, 3.05) is 19.0 Å². The van der Waals surface area contributed by atoms with Crippen LogP contribution in [0.25, 0.3) is 0 Å². The topological polar surface area (TPSA) is 41.6 Å². The van der Waals surface area contributed by atoms with E-state index in [0.29, 0.717) is 18.5 Å². The number of carbonyl (C=O) groups excluding carboxylic acids is 1. The van der Waals surface area contributed by atoms with Gasteiger partial charge in [0, 0.05) is 17.8 Å². The van der Waals surface area contributed by atoms with Crippen LogP contribution in [0.3, 0.4) is 0 Å². The number of benzene rings is 1. The number of methoxy groups -OCH3 is 1. The first-order valence-corrected chi connectivity index (χ1v) is 7.91. The van der Waals surface area contributed by atoms with Gasteiger partial charge in [-0.05, 0) is 48.3 Å². The number of para-hydroxylation sites is 1. The molecule has 0 fully saturated rings. The minimum Gasteiger partial charge on any atom is -0.452 e. The highest BCUT2D eigenvalue weighted by Crippen LogP contribution is 2.49. The molecular formula is C19H20N2O2. The third kappa shape index (κ3) is 1.94. The molecule has 1 aromatic rings. The molecule has 23 heavy (non-hydrogen) atoms. The number of fused-ring (bicyclic) bond motifs is 4. The van der Waals surface area contributed by atoms with E-state index in [0.717, 1.165) is 0 Å². The van der Waals surface area contributed by atoms with E-state index in [1.807, 2.05) is 12.3 Å². The molecule has 1 aliphatic carbocycles. The van der Waals surface area contributed by atoms with E-state index in [2.05, 4.69) is 43.4 Å². The van der Waals surface area contributed by atoms with E-state index in [9.17, 15) is 4.79 Å². The molecule has 1 aromatic carbocycles. The number of ether oxygens (including phenoxy) is 1. The highest BCUT2D eigenvalue weighted by atomic mass is 16.5. The molecule has 0 bridgehead atoms. The number of allylic oxidation sites excluding steroid dienone is 1. The molecular weight excluding hydrogens is 288 g/mol. The fourth-order valence-corrected chi connectivity index (χ4v) is 4.05. The van der Waals surface area contributed by atoms with Crippen molar-refractivity contribution in [2.45, 2.75) is 25.8 Å². The summed E-state index contributed by atoms with van der Waals surface area (Å²) in [6, 6.07) is 8.81. The Balaban J connectivity index is 1.82. The summed E-state index contributed by atoms with van der Waals surface area (Å²) in [6.07, 6.45) is 3.55. The van der Waals surface area contributed by atoms with Gasteiger partial charge < -0.3 is 10.1 Å². The van der Waals surface area contributed by atoms with Gasteiger partial charge in [0.1, 0.15) is 0 Å². The van der Waals surface area contributed by atoms with E-state index in [-0.39, 0.29) is 6.09 Å². The van der Waals surface area contributed by atoms with Crippen LogP contribution in [0.4, 0.5) is 10.5 Å². The number of carbonyl (C=O) groups is 1. The van der Waals surface area contributed by atoms with Crippen molar-refractivity contribution in [3.05, 3.63) is 64.4 Å². The minimum absolute atomic E-state index is 0.306. The van der Waals surface area contributed by atoms with Gasteiger partial charge in [-0.25, -0.2) is 4.79 Å². The second-order valence-electron chi connectivity index (χ2n) is 6.36. The molecule has 2 atom stereocenters. The second kappa shape index (κ2) is 5.01. The van der Waals surface area contributed by atoms with Crippen molar-refractivity contribution >= 4 is 11.8 Å². The number of hydrogen-bond acceptors (Lipinski definition) is 3. The summed E-state index contributed by atoms with van der Waals surface area (Å²) in [7, 11) is 1.42. The zero-order valence-electron chi connectivity index (χ0n) is 13.6. The largest absolute Gasteiger partial charge is 0.452 e. The SMILES string of the molecule is COC(=O)N1C=CC2=C(C)C3Nc4ccccc4C3C(C)=C2C1. The summed E-state index contributed by atoms with van der Waals surface area (Å²) < 4.78 is 4.86. The summed E-state index contributed by atoms with van der Waals surface area (Å²) >= 11 is 0. The predicted molar refractivity (Wildman–Crippen MR) is 90.2 cm³/mol. The molecule has 2 aliphatic heterocycles. The van der Waals surface area contributed by atoms with E-state index < -0.39 is 0 Å². The molecule has 4 nitrogen and oxygen atoms in total. The molecule has 0 radical (unpaired) electrons. The average Bonchev–Trinajstić information content (AvgIpc) is 2.98. The molecule has 0 saturated carbocycles. The van der Waals surface area contributed by atoms with Gasteiger partial charge in [-0.3, -0.25) is 4.90 Å². The first kappa shape index (κ1) is 14.1.